The van der Waals surface area contributed by atoms with Crippen LogP contribution in [0, 0.1) is 0 Å². The van der Waals surface area contributed by atoms with Crippen LogP contribution in [-0.4, -0.2) is 40.2 Å². The van der Waals surface area contributed by atoms with Gasteiger partial charge in [0.25, 0.3) is 0 Å². The minimum Gasteiger partial charge on any atom is -0.496 e. The van der Waals surface area contributed by atoms with Gasteiger partial charge in [0, 0.05) is 0 Å². The van der Waals surface area contributed by atoms with Gasteiger partial charge in [-0.3, -0.25) is 14.4 Å². The molecule has 0 amide bonds. The highest BCUT2D eigenvalue weighted by molar-refractivity contribution is 5.88. The molecule has 0 atom stereocenters. The van der Waals surface area contributed by atoms with E-state index in [-0.39, 0.29) is 0 Å². The highest BCUT2D eigenvalue weighted by Gasteiger charge is 2.13. The van der Waals surface area contributed by atoms with Crippen molar-refractivity contribution in [1.82, 2.24) is 0 Å². The summed E-state index contributed by atoms with van der Waals surface area (Å²) >= 11 is 0. The Morgan fingerprint density at radius 1 is 0.417 bits per heavy atom. The highest BCUT2D eigenvalue weighted by Crippen LogP contribution is 2.37. The summed E-state index contributed by atoms with van der Waals surface area (Å²) in [6, 6.07) is 22.3. The van der Waals surface area contributed by atoms with Crippen LogP contribution >= 0.6 is 0 Å². The van der Waals surface area contributed by atoms with Crippen molar-refractivity contribution in [2.75, 3.05) is 21.3 Å². The molecule has 6 heteroatoms. The van der Waals surface area contributed by atoms with E-state index in [9.17, 15) is 14.4 Å². The Morgan fingerprint density at radius 3 is 0.917 bits per heavy atom. The van der Waals surface area contributed by atoms with E-state index in [0.29, 0.717) is 33.9 Å². The number of hydrogen-bond acceptors (Lipinski definition) is 6. The van der Waals surface area contributed by atoms with Crippen molar-refractivity contribution < 1.29 is 28.6 Å². The standard InChI is InChI=1S/C30H24O6/c1-34-28-13-19(4-7-22(28)16-31)25-10-26(20-5-8-23(17-32)29(14-20)35-2)12-27(11-25)21-6-9-24(18-33)30(15-21)36-3/h4-18H,1-3H3. The number of ether oxygens (including phenoxy) is 3. The number of benzene rings is 4. The maximum atomic E-state index is 11.4. The first-order valence-electron chi connectivity index (χ1n) is 11.1. The molecule has 0 saturated heterocycles. The molecule has 0 N–H and O–H groups in total. The predicted molar refractivity (Wildman–Crippen MR) is 139 cm³/mol. The van der Waals surface area contributed by atoms with E-state index < -0.39 is 0 Å². The van der Waals surface area contributed by atoms with Crippen molar-refractivity contribution in [2.24, 2.45) is 0 Å². The molecule has 4 aromatic rings. The molecular weight excluding hydrogens is 456 g/mol. The Hall–Kier alpha value is -4.71. The van der Waals surface area contributed by atoms with Gasteiger partial charge in [0.05, 0.1) is 38.0 Å². The van der Waals surface area contributed by atoms with Gasteiger partial charge in [-0.05, 0) is 88.0 Å². The zero-order valence-electron chi connectivity index (χ0n) is 20.1. The first-order chi connectivity index (χ1) is 17.5. The van der Waals surface area contributed by atoms with Crippen molar-refractivity contribution in [2.45, 2.75) is 0 Å². The predicted octanol–water partition coefficient (Wildman–Crippen LogP) is 6.15. The molecule has 0 spiro atoms. The lowest BCUT2D eigenvalue weighted by molar-refractivity contribution is 0.111. The summed E-state index contributed by atoms with van der Waals surface area (Å²) in [6.07, 6.45) is 2.27. The third kappa shape index (κ3) is 4.74. The van der Waals surface area contributed by atoms with Gasteiger partial charge >= 0.3 is 0 Å². The lowest BCUT2D eigenvalue weighted by Gasteiger charge is -2.14. The molecule has 0 saturated carbocycles. The number of aldehydes is 3. The third-order valence-electron chi connectivity index (χ3n) is 6.01. The van der Waals surface area contributed by atoms with Crippen LogP contribution in [-0.2, 0) is 0 Å². The van der Waals surface area contributed by atoms with E-state index >= 15 is 0 Å². The molecule has 0 bridgehead atoms. The van der Waals surface area contributed by atoms with Crippen LogP contribution in [0.5, 0.6) is 17.2 Å². The quantitative estimate of drug-likeness (QED) is 0.267. The monoisotopic (exact) mass is 480 g/mol. The Balaban J connectivity index is 1.95. The van der Waals surface area contributed by atoms with E-state index in [1.807, 2.05) is 54.6 Å². The van der Waals surface area contributed by atoms with Crippen LogP contribution in [0.2, 0.25) is 0 Å². The molecular formula is C30H24O6. The highest BCUT2D eigenvalue weighted by atomic mass is 16.5. The fourth-order valence-electron chi connectivity index (χ4n) is 4.09. The topological polar surface area (TPSA) is 78.9 Å². The molecule has 6 nitrogen and oxygen atoms in total. The molecule has 36 heavy (non-hydrogen) atoms. The second-order valence-electron chi connectivity index (χ2n) is 8.02. The molecule has 0 aliphatic carbocycles. The summed E-state index contributed by atoms with van der Waals surface area (Å²) in [5.41, 5.74) is 6.60. The lowest BCUT2D eigenvalue weighted by Crippen LogP contribution is -1.94. The second-order valence-corrected chi connectivity index (χ2v) is 8.02. The first kappa shape index (κ1) is 24.4. The van der Waals surface area contributed by atoms with Gasteiger partial charge in [-0.2, -0.15) is 0 Å². The SMILES string of the molecule is COc1cc(-c2cc(-c3ccc(C=O)c(OC)c3)cc(-c3ccc(C=O)c(OC)c3)c2)ccc1C=O. The molecule has 0 unspecified atom stereocenters. The molecule has 0 fully saturated rings. The molecule has 0 radical (unpaired) electrons. The van der Waals surface area contributed by atoms with E-state index in [1.165, 1.54) is 21.3 Å². The molecule has 180 valence electrons. The van der Waals surface area contributed by atoms with Gasteiger partial charge in [0.2, 0.25) is 0 Å². The van der Waals surface area contributed by atoms with Crippen LogP contribution in [0.1, 0.15) is 31.1 Å². The van der Waals surface area contributed by atoms with Crippen molar-refractivity contribution in [3.63, 3.8) is 0 Å². The summed E-state index contributed by atoms with van der Waals surface area (Å²) in [7, 11) is 4.57. The fourth-order valence-corrected chi connectivity index (χ4v) is 4.09. The Labute approximate surface area is 209 Å². The lowest BCUT2D eigenvalue weighted by atomic mass is 9.92. The van der Waals surface area contributed by atoms with Gasteiger partial charge in [-0.1, -0.05) is 18.2 Å². The number of hydrogen-bond donors (Lipinski definition) is 0. The summed E-state index contributed by atoms with van der Waals surface area (Å²) in [5.74, 6) is 1.43. The second kappa shape index (κ2) is 10.7. The summed E-state index contributed by atoms with van der Waals surface area (Å²) in [4.78, 5) is 34.2. The number of methoxy groups -OCH3 is 3. The van der Waals surface area contributed by atoms with Gasteiger partial charge in [0.1, 0.15) is 17.2 Å². The van der Waals surface area contributed by atoms with Crippen LogP contribution in [0.25, 0.3) is 33.4 Å². The molecule has 0 aliphatic heterocycles. The normalized spacial score (nSPS) is 10.4. The zero-order valence-corrected chi connectivity index (χ0v) is 20.1. The van der Waals surface area contributed by atoms with E-state index in [4.69, 9.17) is 14.2 Å². The van der Waals surface area contributed by atoms with Crippen molar-refractivity contribution in [1.29, 1.82) is 0 Å². The minimum absolute atomic E-state index is 0.459. The van der Waals surface area contributed by atoms with Gasteiger partial charge in [-0.25, -0.2) is 0 Å². The van der Waals surface area contributed by atoms with Crippen LogP contribution < -0.4 is 14.2 Å². The largest absolute Gasteiger partial charge is 0.496 e. The summed E-state index contributed by atoms with van der Waals surface area (Å²) in [6.45, 7) is 0. The molecule has 0 heterocycles. The fraction of sp³-hybridized carbons (Fsp3) is 0.100. The molecule has 4 aromatic carbocycles. The van der Waals surface area contributed by atoms with E-state index in [1.54, 1.807) is 18.2 Å². The van der Waals surface area contributed by atoms with E-state index in [0.717, 1.165) is 52.2 Å². The Bertz CT molecular complexity index is 1270. The van der Waals surface area contributed by atoms with E-state index in [2.05, 4.69) is 0 Å². The van der Waals surface area contributed by atoms with Crippen LogP contribution in [0.4, 0.5) is 0 Å². The first-order valence-corrected chi connectivity index (χ1v) is 11.1. The van der Waals surface area contributed by atoms with Crippen molar-refractivity contribution in [3.05, 3.63) is 89.5 Å². The summed E-state index contributed by atoms with van der Waals surface area (Å²) < 4.78 is 16.2. The van der Waals surface area contributed by atoms with Gasteiger partial charge < -0.3 is 14.2 Å². The number of carbonyl (C=O) groups is 3. The Kier molecular flexibility index (Phi) is 7.25. The van der Waals surface area contributed by atoms with Crippen molar-refractivity contribution >= 4 is 18.9 Å². The van der Waals surface area contributed by atoms with Crippen LogP contribution in [0.15, 0.2) is 72.8 Å². The smallest absolute Gasteiger partial charge is 0.153 e. The zero-order chi connectivity index (χ0) is 25.7. The van der Waals surface area contributed by atoms with Crippen LogP contribution in [0.3, 0.4) is 0 Å². The maximum Gasteiger partial charge on any atom is 0.153 e. The Morgan fingerprint density at radius 2 is 0.694 bits per heavy atom. The van der Waals surface area contributed by atoms with Gasteiger partial charge in [0.15, 0.2) is 18.9 Å². The third-order valence-corrected chi connectivity index (χ3v) is 6.01. The molecule has 4 rings (SSSR count). The minimum atomic E-state index is 0.459. The summed E-state index contributed by atoms with van der Waals surface area (Å²) in [5, 5.41) is 0. The number of rotatable bonds is 9. The van der Waals surface area contributed by atoms with Crippen molar-refractivity contribution in [3.8, 4) is 50.6 Å². The number of carbonyl (C=O) groups excluding carboxylic acids is 3. The molecule has 0 aliphatic rings. The average Bonchev–Trinajstić information content (AvgIpc) is 2.95. The average molecular weight is 481 g/mol. The molecule has 0 aromatic heterocycles. The van der Waals surface area contributed by atoms with Gasteiger partial charge in [-0.15, -0.1) is 0 Å². The maximum absolute atomic E-state index is 11.4.